The first-order valence-corrected chi connectivity index (χ1v) is 10.5. The van der Waals surface area contributed by atoms with Gasteiger partial charge in [0.05, 0.1) is 24.2 Å². The summed E-state index contributed by atoms with van der Waals surface area (Å²) in [7, 11) is 0. The van der Waals surface area contributed by atoms with Crippen molar-refractivity contribution in [2.75, 3.05) is 52.5 Å². The fourth-order valence-electron chi connectivity index (χ4n) is 4.23. The Labute approximate surface area is 166 Å². The summed E-state index contributed by atoms with van der Waals surface area (Å²) in [6, 6.07) is 8.21. The van der Waals surface area contributed by atoms with Gasteiger partial charge < -0.3 is 19.9 Å². The fraction of sp³-hybridized carbons (Fsp3) is 0.619. The maximum atomic E-state index is 12.5. The van der Waals surface area contributed by atoms with Crippen molar-refractivity contribution < 1.29 is 9.53 Å². The van der Waals surface area contributed by atoms with E-state index in [2.05, 4.69) is 21.3 Å². The molecule has 7 nitrogen and oxygen atoms in total. The number of morpholine rings is 1. The average Bonchev–Trinajstić information content (AvgIpc) is 3.14. The summed E-state index contributed by atoms with van der Waals surface area (Å²) >= 11 is 0. The number of ether oxygens (including phenoxy) is 1. The number of carbonyl (C=O) groups is 1. The minimum Gasteiger partial charge on any atom is -0.379 e. The van der Waals surface area contributed by atoms with Crippen molar-refractivity contribution in [2.45, 2.75) is 25.7 Å². The van der Waals surface area contributed by atoms with E-state index in [1.165, 1.54) is 0 Å². The van der Waals surface area contributed by atoms with Crippen molar-refractivity contribution >= 4 is 17.1 Å². The predicted molar refractivity (Wildman–Crippen MR) is 109 cm³/mol. The molecule has 0 saturated carbocycles. The minimum absolute atomic E-state index is 0.0799. The van der Waals surface area contributed by atoms with Crippen LogP contribution in [0.4, 0.5) is 4.79 Å². The number of benzene rings is 1. The van der Waals surface area contributed by atoms with Crippen molar-refractivity contribution in [3.8, 4) is 0 Å². The molecule has 2 aliphatic rings. The summed E-state index contributed by atoms with van der Waals surface area (Å²) in [6.07, 6.45) is 4.10. The summed E-state index contributed by atoms with van der Waals surface area (Å²) in [5.41, 5.74) is 2.10. The Kier molecular flexibility index (Phi) is 6.44. The van der Waals surface area contributed by atoms with Crippen LogP contribution in [0.1, 0.15) is 25.1 Å². The second-order valence-corrected chi connectivity index (χ2v) is 7.90. The van der Waals surface area contributed by atoms with Crippen LogP contribution in [0.5, 0.6) is 0 Å². The van der Waals surface area contributed by atoms with E-state index < -0.39 is 0 Å². The lowest BCUT2D eigenvalue weighted by Crippen LogP contribution is -2.46. The quantitative estimate of drug-likeness (QED) is 0.748. The van der Waals surface area contributed by atoms with Gasteiger partial charge in [0, 0.05) is 39.1 Å². The van der Waals surface area contributed by atoms with Crippen LogP contribution in [0.25, 0.3) is 11.0 Å². The van der Waals surface area contributed by atoms with Gasteiger partial charge in [0.15, 0.2) is 0 Å². The number of imidazole rings is 1. The van der Waals surface area contributed by atoms with Crippen LogP contribution in [0.2, 0.25) is 0 Å². The lowest BCUT2D eigenvalue weighted by Gasteiger charge is -2.32. The molecule has 1 unspecified atom stereocenters. The molecule has 3 heterocycles. The Morgan fingerprint density at radius 1 is 1.25 bits per heavy atom. The third-order valence-electron chi connectivity index (χ3n) is 5.76. The fourth-order valence-corrected chi connectivity index (χ4v) is 4.23. The number of urea groups is 1. The highest BCUT2D eigenvalue weighted by Crippen LogP contribution is 2.21. The summed E-state index contributed by atoms with van der Waals surface area (Å²) < 4.78 is 5.37. The van der Waals surface area contributed by atoms with Crippen LogP contribution in [-0.4, -0.2) is 78.3 Å². The molecule has 2 aromatic rings. The number of aromatic amines is 1. The van der Waals surface area contributed by atoms with Gasteiger partial charge in [0.1, 0.15) is 5.82 Å². The Morgan fingerprint density at radius 3 is 2.96 bits per heavy atom. The highest BCUT2D eigenvalue weighted by molar-refractivity contribution is 5.75. The minimum atomic E-state index is 0.0799. The Bertz CT molecular complexity index is 738. The number of fused-ring (bicyclic) bond motifs is 1. The van der Waals surface area contributed by atoms with E-state index in [1.54, 1.807) is 0 Å². The number of likely N-dealkylation sites (tertiary alicyclic amines) is 1. The molecule has 2 saturated heterocycles. The molecule has 2 fully saturated rings. The van der Waals surface area contributed by atoms with Gasteiger partial charge in [0.2, 0.25) is 0 Å². The maximum absolute atomic E-state index is 12.5. The van der Waals surface area contributed by atoms with Gasteiger partial charge in [0.25, 0.3) is 0 Å². The molecule has 7 heteroatoms. The number of amides is 2. The maximum Gasteiger partial charge on any atom is 0.317 e. The SMILES string of the molecule is O=C(NCCCN1CCOCC1)N1CCCC(Cc2nc3ccccc3[nH]2)C1. The second-order valence-electron chi connectivity index (χ2n) is 7.90. The van der Waals surface area contributed by atoms with Crippen molar-refractivity contribution in [1.29, 1.82) is 0 Å². The summed E-state index contributed by atoms with van der Waals surface area (Å²) in [5, 5.41) is 3.10. The molecule has 0 spiro atoms. The van der Waals surface area contributed by atoms with Crippen LogP contribution in [0.3, 0.4) is 0 Å². The number of rotatable bonds is 6. The van der Waals surface area contributed by atoms with Gasteiger partial charge in [-0.05, 0) is 43.9 Å². The summed E-state index contributed by atoms with van der Waals surface area (Å²) in [4.78, 5) is 25.0. The molecule has 1 aromatic carbocycles. The van der Waals surface area contributed by atoms with Gasteiger partial charge in [-0.3, -0.25) is 4.90 Å². The van der Waals surface area contributed by atoms with E-state index in [9.17, 15) is 4.79 Å². The van der Waals surface area contributed by atoms with Gasteiger partial charge in [-0.25, -0.2) is 9.78 Å². The first-order valence-electron chi connectivity index (χ1n) is 10.5. The molecule has 4 rings (SSSR count). The van der Waals surface area contributed by atoms with E-state index >= 15 is 0 Å². The second kappa shape index (κ2) is 9.39. The highest BCUT2D eigenvalue weighted by Gasteiger charge is 2.24. The number of nitrogens with one attached hydrogen (secondary N) is 2. The highest BCUT2D eigenvalue weighted by atomic mass is 16.5. The van der Waals surface area contributed by atoms with E-state index in [0.717, 1.165) is 95.0 Å². The zero-order valence-electron chi connectivity index (χ0n) is 16.5. The van der Waals surface area contributed by atoms with Crippen molar-refractivity contribution in [1.82, 2.24) is 25.1 Å². The average molecular weight is 386 g/mol. The number of aromatic nitrogens is 2. The molecule has 2 amide bonds. The molecular formula is C21H31N5O2. The Balaban J connectivity index is 1.21. The van der Waals surface area contributed by atoms with Gasteiger partial charge in [-0.1, -0.05) is 12.1 Å². The van der Waals surface area contributed by atoms with Crippen LogP contribution in [0.15, 0.2) is 24.3 Å². The van der Waals surface area contributed by atoms with E-state index in [4.69, 9.17) is 9.72 Å². The van der Waals surface area contributed by atoms with Crippen LogP contribution in [0, 0.1) is 5.92 Å². The summed E-state index contributed by atoms with van der Waals surface area (Å²) in [5.74, 6) is 1.49. The molecule has 28 heavy (non-hydrogen) atoms. The number of para-hydroxylation sites is 2. The Hall–Kier alpha value is -2.12. The third-order valence-corrected chi connectivity index (χ3v) is 5.76. The van der Waals surface area contributed by atoms with E-state index in [-0.39, 0.29) is 6.03 Å². The van der Waals surface area contributed by atoms with Crippen molar-refractivity contribution in [3.05, 3.63) is 30.1 Å². The topological polar surface area (TPSA) is 73.5 Å². The largest absolute Gasteiger partial charge is 0.379 e. The number of hydrogen-bond acceptors (Lipinski definition) is 4. The third kappa shape index (κ3) is 5.02. The zero-order valence-corrected chi connectivity index (χ0v) is 16.5. The number of nitrogens with zero attached hydrogens (tertiary/aromatic N) is 3. The molecule has 0 bridgehead atoms. The lowest BCUT2D eigenvalue weighted by atomic mass is 9.95. The van der Waals surface area contributed by atoms with Gasteiger partial charge in [-0.2, -0.15) is 0 Å². The smallest absolute Gasteiger partial charge is 0.317 e. The number of carbonyl (C=O) groups excluding carboxylic acids is 1. The van der Waals surface area contributed by atoms with Crippen LogP contribution < -0.4 is 5.32 Å². The molecule has 2 N–H and O–H groups in total. The van der Waals surface area contributed by atoms with Gasteiger partial charge in [-0.15, -0.1) is 0 Å². The van der Waals surface area contributed by atoms with E-state index in [1.807, 2.05) is 23.1 Å². The predicted octanol–water partition coefficient (Wildman–Crippen LogP) is 2.25. The normalized spacial score (nSPS) is 21.1. The number of hydrogen-bond donors (Lipinski definition) is 2. The standard InChI is InChI=1S/C21H31N5O2/c27-21(22-8-4-9-25-11-13-28-14-12-25)26-10-3-5-17(16-26)15-20-23-18-6-1-2-7-19(18)24-20/h1-2,6-7,17H,3-5,8-16H2,(H,22,27)(H,23,24). The number of H-pyrrole nitrogens is 1. The lowest BCUT2D eigenvalue weighted by molar-refractivity contribution is 0.0374. The molecule has 0 radical (unpaired) electrons. The van der Waals surface area contributed by atoms with E-state index in [0.29, 0.717) is 5.92 Å². The van der Waals surface area contributed by atoms with Crippen molar-refractivity contribution in [3.63, 3.8) is 0 Å². The zero-order chi connectivity index (χ0) is 19.2. The molecule has 1 atom stereocenters. The first-order chi connectivity index (χ1) is 13.8. The van der Waals surface area contributed by atoms with Crippen LogP contribution >= 0.6 is 0 Å². The summed E-state index contributed by atoms with van der Waals surface area (Å²) in [6.45, 7) is 7.09. The molecule has 2 aliphatic heterocycles. The molecule has 152 valence electrons. The molecule has 0 aliphatic carbocycles. The first kappa shape index (κ1) is 19.2. The number of piperidine rings is 1. The molecule has 1 aromatic heterocycles. The monoisotopic (exact) mass is 385 g/mol. The van der Waals surface area contributed by atoms with Crippen LogP contribution in [-0.2, 0) is 11.2 Å². The van der Waals surface area contributed by atoms with Gasteiger partial charge >= 0.3 is 6.03 Å². The van der Waals surface area contributed by atoms with Crippen molar-refractivity contribution in [2.24, 2.45) is 5.92 Å². The molecular weight excluding hydrogens is 354 g/mol. The Morgan fingerprint density at radius 2 is 2.11 bits per heavy atom.